The lowest BCUT2D eigenvalue weighted by Crippen LogP contribution is -2.59. The summed E-state index contributed by atoms with van der Waals surface area (Å²) in [6.45, 7) is -0.326. The van der Waals surface area contributed by atoms with Crippen LogP contribution in [0.15, 0.2) is 4.99 Å². The van der Waals surface area contributed by atoms with Crippen molar-refractivity contribution in [3.8, 4) is 0 Å². The van der Waals surface area contributed by atoms with Crippen LogP contribution >= 0.6 is 7.60 Å². The zero-order chi connectivity index (χ0) is 18.3. The van der Waals surface area contributed by atoms with Gasteiger partial charge in [-0.25, -0.2) is 4.99 Å². The van der Waals surface area contributed by atoms with Crippen LogP contribution in [0.25, 0.3) is 0 Å². The number of carbonyl (C=O) groups excluding carboxylic acids is 1. The number of aliphatic imine (C=N–C) groups is 1. The van der Waals surface area contributed by atoms with Gasteiger partial charge >= 0.3 is 19.7 Å². The number of hydrogen-bond donors (Lipinski definition) is 4. The van der Waals surface area contributed by atoms with Crippen LogP contribution in [0, 0.1) is 5.92 Å². The molecule has 4 N–H and O–H groups in total. The van der Waals surface area contributed by atoms with Gasteiger partial charge in [0.2, 0.25) is 0 Å². The minimum absolute atomic E-state index is 0.326. The molecule has 1 amide bonds. The third-order valence-corrected chi connectivity index (χ3v) is 4.65. The molecule has 0 aliphatic carbocycles. The van der Waals surface area contributed by atoms with Crippen molar-refractivity contribution in [3.05, 3.63) is 0 Å². The Morgan fingerprint density at radius 1 is 1.38 bits per heavy atom. The minimum atomic E-state index is -5.18. The van der Waals surface area contributed by atoms with E-state index in [0.717, 1.165) is 0 Å². The summed E-state index contributed by atoms with van der Waals surface area (Å²) in [4.78, 5) is 31.2. The van der Waals surface area contributed by atoms with E-state index in [2.05, 4.69) is 4.99 Å². The Morgan fingerprint density at radius 3 is 2.54 bits per heavy atom. The van der Waals surface area contributed by atoms with Crippen LogP contribution < -0.4 is 0 Å². The van der Waals surface area contributed by atoms with Crippen LogP contribution in [0.5, 0.6) is 0 Å². The first kappa shape index (κ1) is 19.4. The zero-order valence-corrected chi connectivity index (χ0v) is 12.9. The Morgan fingerprint density at radius 2 is 2.00 bits per heavy atom. The Labute approximate surface area is 133 Å². The first-order valence-corrected chi connectivity index (χ1v) is 8.51. The fraction of sp³-hybridized carbons (Fsp3) is 0.818. The van der Waals surface area contributed by atoms with Gasteiger partial charge in [0, 0.05) is 6.21 Å². The molecule has 5 atom stereocenters. The van der Waals surface area contributed by atoms with Crippen molar-refractivity contribution in [1.29, 1.82) is 0 Å². The fourth-order valence-corrected chi connectivity index (χ4v) is 3.22. The molecule has 0 spiro atoms. The highest BCUT2D eigenvalue weighted by atomic mass is 31.2. The maximum absolute atomic E-state index is 12.1. The van der Waals surface area contributed by atoms with Gasteiger partial charge in [-0.1, -0.05) is 0 Å². The average molecular weight is 377 g/mol. The van der Waals surface area contributed by atoms with Gasteiger partial charge < -0.3 is 29.5 Å². The van der Waals surface area contributed by atoms with Gasteiger partial charge in [0.05, 0.1) is 24.8 Å². The molecule has 0 radical (unpaired) electrons. The third kappa shape index (κ3) is 4.02. The molecular formula is C11H15F3NO8P. The SMILES string of the molecule is O=C(N=CC1[C@H]2OC[C@](CCP(=O)(O)O)(O2)[C@@H](O)[C@@H]1O)C(F)(F)F. The summed E-state index contributed by atoms with van der Waals surface area (Å²) in [5, 5.41) is 20.2. The Kier molecular flexibility index (Phi) is 5.22. The number of carbonyl (C=O) groups is 1. The van der Waals surface area contributed by atoms with Crippen molar-refractivity contribution < 1.29 is 52.0 Å². The van der Waals surface area contributed by atoms with Gasteiger partial charge in [0.25, 0.3) is 0 Å². The van der Waals surface area contributed by atoms with Gasteiger partial charge in [-0.3, -0.25) is 9.36 Å². The number of aliphatic hydroxyl groups excluding tert-OH is 2. The summed E-state index contributed by atoms with van der Waals surface area (Å²) in [5.41, 5.74) is -1.59. The second-order valence-electron chi connectivity index (χ2n) is 5.59. The molecule has 2 saturated heterocycles. The van der Waals surface area contributed by atoms with E-state index in [0.29, 0.717) is 6.21 Å². The topological polar surface area (TPSA) is 146 Å². The number of halogens is 3. The Bertz CT molecular complexity index is 578. The maximum atomic E-state index is 12.1. The van der Waals surface area contributed by atoms with Gasteiger partial charge in [-0.15, -0.1) is 0 Å². The molecule has 24 heavy (non-hydrogen) atoms. The summed E-state index contributed by atoms with van der Waals surface area (Å²) < 4.78 is 57.8. The zero-order valence-electron chi connectivity index (χ0n) is 12.0. The van der Waals surface area contributed by atoms with Crippen LogP contribution in [0.4, 0.5) is 13.2 Å². The summed E-state index contributed by atoms with van der Waals surface area (Å²) in [6, 6.07) is 0. The predicted molar refractivity (Wildman–Crippen MR) is 70.1 cm³/mol. The third-order valence-electron chi connectivity index (χ3n) is 3.85. The van der Waals surface area contributed by atoms with Crippen molar-refractivity contribution >= 4 is 19.7 Å². The maximum Gasteiger partial charge on any atom is 0.473 e. The minimum Gasteiger partial charge on any atom is -0.389 e. The monoisotopic (exact) mass is 377 g/mol. The number of ether oxygens (including phenoxy) is 2. The Balaban J connectivity index is 2.12. The second kappa shape index (κ2) is 6.45. The Hall–Kier alpha value is -0.880. The molecule has 13 heteroatoms. The lowest BCUT2D eigenvalue weighted by Gasteiger charge is -2.41. The van der Waals surface area contributed by atoms with Crippen molar-refractivity contribution in [2.45, 2.75) is 36.7 Å². The summed E-state index contributed by atoms with van der Waals surface area (Å²) in [7, 11) is -4.40. The number of hydrogen-bond acceptors (Lipinski definition) is 6. The molecule has 2 aliphatic heterocycles. The fourth-order valence-electron chi connectivity index (χ4n) is 2.55. The molecule has 0 aromatic rings. The number of amides is 1. The molecule has 138 valence electrons. The second-order valence-corrected chi connectivity index (χ2v) is 7.37. The normalized spacial score (nSPS) is 37.1. The number of fused-ring (bicyclic) bond motifs is 2. The molecule has 0 aromatic heterocycles. The molecule has 0 saturated carbocycles. The lowest BCUT2D eigenvalue weighted by molar-refractivity contribution is -0.225. The summed E-state index contributed by atoms with van der Waals surface area (Å²) in [5.74, 6) is -3.74. The first-order chi connectivity index (χ1) is 10.9. The van der Waals surface area contributed by atoms with Gasteiger partial charge in [0.15, 0.2) is 6.29 Å². The standard InChI is InChI=1S/C11H15F3NO8P/c12-11(13,14)9(18)15-3-5-6(16)7(17)10(1-2-24(19,20)21)4-22-8(5)23-10/h3,5-8,16-17H,1-2,4H2,(H2,19,20,21)/t5?,6-,7+,8+,10+/m1/s1. The predicted octanol–water partition coefficient (Wildman–Crippen LogP) is -0.823. The van der Waals surface area contributed by atoms with Crippen molar-refractivity contribution in [1.82, 2.24) is 0 Å². The number of nitrogens with zero attached hydrogens (tertiary/aromatic N) is 1. The summed E-state index contributed by atoms with van der Waals surface area (Å²) >= 11 is 0. The molecule has 2 aliphatic rings. The molecule has 2 rings (SSSR count). The van der Waals surface area contributed by atoms with Crippen LogP contribution in [0.2, 0.25) is 0 Å². The van der Waals surface area contributed by atoms with Crippen molar-refractivity contribution in [2.75, 3.05) is 12.8 Å². The number of alkyl halides is 3. The van der Waals surface area contributed by atoms with E-state index in [9.17, 15) is 32.7 Å². The highest BCUT2D eigenvalue weighted by molar-refractivity contribution is 7.51. The van der Waals surface area contributed by atoms with E-state index < -0.39 is 55.9 Å². The molecule has 9 nitrogen and oxygen atoms in total. The molecule has 2 bridgehead atoms. The van der Waals surface area contributed by atoms with Crippen molar-refractivity contribution in [2.24, 2.45) is 10.9 Å². The van der Waals surface area contributed by atoms with Gasteiger partial charge in [0.1, 0.15) is 11.7 Å². The quantitative estimate of drug-likeness (QED) is 0.367. The van der Waals surface area contributed by atoms with E-state index >= 15 is 0 Å². The van der Waals surface area contributed by atoms with E-state index in [1.807, 2.05) is 0 Å². The first-order valence-electron chi connectivity index (χ1n) is 6.71. The average Bonchev–Trinajstić information content (AvgIpc) is 2.84. The summed E-state index contributed by atoms with van der Waals surface area (Å²) in [6.07, 6.45) is -10.3. The van der Waals surface area contributed by atoms with Crippen molar-refractivity contribution in [3.63, 3.8) is 0 Å². The van der Waals surface area contributed by atoms with E-state index in [4.69, 9.17) is 19.3 Å². The lowest BCUT2D eigenvalue weighted by atomic mass is 9.83. The van der Waals surface area contributed by atoms with Crippen LogP contribution in [-0.4, -0.2) is 75.2 Å². The smallest absolute Gasteiger partial charge is 0.389 e. The number of rotatable bonds is 4. The highest BCUT2D eigenvalue weighted by Crippen LogP contribution is 2.45. The van der Waals surface area contributed by atoms with Gasteiger partial charge in [-0.2, -0.15) is 13.2 Å². The molecular weight excluding hydrogens is 362 g/mol. The van der Waals surface area contributed by atoms with E-state index in [1.54, 1.807) is 0 Å². The van der Waals surface area contributed by atoms with E-state index in [-0.39, 0.29) is 13.0 Å². The molecule has 2 fully saturated rings. The largest absolute Gasteiger partial charge is 0.473 e. The van der Waals surface area contributed by atoms with Crippen LogP contribution in [-0.2, 0) is 18.8 Å². The van der Waals surface area contributed by atoms with Gasteiger partial charge in [-0.05, 0) is 6.42 Å². The van der Waals surface area contributed by atoms with Crippen LogP contribution in [0.1, 0.15) is 6.42 Å². The molecule has 0 aromatic carbocycles. The van der Waals surface area contributed by atoms with E-state index in [1.165, 1.54) is 0 Å². The molecule has 1 unspecified atom stereocenters. The van der Waals surface area contributed by atoms with Crippen LogP contribution in [0.3, 0.4) is 0 Å². The highest BCUT2D eigenvalue weighted by Gasteiger charge is 2.58. The number of aliphatic hydroxyl groups is 2. The molecule has 2 heterocycles.